The number of aliphatic carboxylic acids is 1. The quantitative estimate of drug-likeness (QED) is 0.524. The molecule has 0 fully saturated rings. The van der Waals surface area contributed by atoms with E-state index in [9.17, 15) is 18.4 Å². The van der Waals surface area contributed by atoms with Gasteiger partial charge in [0.2, 0.25) is 0 Å². The third-order valence-corrected chi connectivity index (χ3v) is 3.00. The van der Waals surface area contributed by atoms with Crippen LogP contribution in [0.3, 0.4) is 0 Å². The van der Waals surface area contributed by atoms with Crippen molar-refractivity contribution in [1.82, 2.24) is 5.32 Å². The van der Waals surface area contributed by atoms with Gasteiger partial charge in [-0.1, -0.05) is 19.9 Å². The summed E-state index contributed by atoms with van der Waals surface area (Å²) in [4.78, 5) is 23.1. The van der Waals surface area contributed by atoms with Gasteiger partial charge in [0.05, 0.1) is 0 Å². The molecule has 3 N–H and O–H groups in total. The SMILES string of the molecule is CC(C)CC(NC(=O)/C(C#N)=C\Nc1c(F)cccc1F)C(=O)O. The van der Waals surface area contributed by atoms with Crippen molar-refractivity contribution < 1.29 is 23.5 Å². The lowest BCUT2D eigenvalue weighted by molar-refractivity contribution is -0.141. The normalized spacial score (nSPS) is 12.4. The Morgan fingerprint density at radius 1 is 1.33 bits per heavy atom. The number of halogens is 2. The van der Waals surface area contributed by atoms with Gasteiger partial charge in [-0.25, -0.2) is 13.6 Å². The molecule has 1 aromatic rings. The average molecular weight is 337 g/mol. The average Bonchev–Trinajstić information content (AvgIpc) is 2.49. The van der Waals surface area contributed by atoms with Crippen LogP contribution in [-0.4, -0.2) is 23.0 Å². The Morgan fingerprint density at radius 3 is 2.38 bits per heavy atom. The number of carbonyl (C=O) groups excluding carboxylic acids is 1. The van der Waals surface area contributed by atoms with Gasteiger partial charge in [-0.3, -0.25) is 4.79 Å². The van der Waals surface area contributed by atoms with E-state index in [1.54, 1.807) is 19.9 Å². The van der Waals surface area contributed by atoms with Crippen molar-refractivity contribution in [2.45, 2.75) is 26.3 Å². The summed E-state index contributed by atoms with van der Waals surface area (Å²) >= 11 is 0. The third kappa shape index (κ3) is 5.35. The number of carboxylic acids is 1. The van der Waals surface area contributed by atoms with Crippen molar-refractivity contribution in [1.29, 1.82) is 5.26 Å². The molecule has 0 radical (unpaired) electrons. The van der Waals surface area contributed by atoms with Crippen LogP contribution in [0.2, 0.25) is 0 Å². The molecule has 1 rings (SSSR count). The summed E-state index contributed by atoms with van der Waals surface area (Å²) in [5.74, 6) is -3.97. The highest BCUT2D eigenvalue weighted by Gasteiger charge is 2.23. The minimum atomic E-state index is -1.23. The van der Waals surface area contributed by atoms with E-state index in [0.29, 0.717) is 0 Å². The first-order chi connectivity index (χ1) is 11.3. The number of carbonyl (C=O) groups is 2. The van der Waals surface area contributed by atoms with Crippen LogP contribution in [0.5, 0.6) is 0 Å². The third-order valence-electron chi connectivity index (χ3n) is 3.00. The number of rotatable bonds is 7. The second-order valence-corrected chi connectivity index (χ2v) is 5.40. The molecule has 0 heterocycles. The number of nitrogens with one attached hydrogen (secondary N) is 2. The Kier molecular flexibility index (Phi) is 6.86. The second kappa shape index (κ2) is 8.62. The minimum absolute atomic E-state index is 0.00607. The van der Waals surface area contributed by atoms with Crippen molar-refractivity contribution in [3.8, 4) is 6.07 Å². The van der Waals surface area contributed by atoms with E-state index in [0.717, 1.165) is 18.3 Å². The highest BCUT2D eigenvalue weighted by molar-refractivity contribution is 5.99. The van der Waals surface area contributed by atoms with Gasteiger partial charge in [0.25, 0.3) is 5.91 Å². The summed E-state index contributed by atoms with van der Waals surface area (Å²) in [5.41, 5.74) is -1.03. The van der Waals surface area contributed by atoms with Gasteiger partial charge in [0.1, 0.15) is 35.0 Å². The molecule has 8 heteroatoms. The first kappa shape index (κ1) is 19.1. The van der Waals surface area contributed by atoms with Crippen molar-refractivity contribution in [3.05, 3.63) is 41.6 Å². The molecule has 0 aliphatic carbocycles. The number of nitriles is 1. The highest BCUT2D eigenvalue weighted by atomic mass is 19.1. The summed E-state index contributed by atoms with van der Waals surface area (Å²) in [5, 5.41) is 22.5. The first-order valence-electron chi connectivity index (χ1n) is 7.10. The number of anilines is 1. The zero-order chi connectivity index (χ0) is 18.3. The van der Waals surface area contributed by atoms with Crippen LogP contribution in [0, 0.1) is 28.9 Å². The van der Waals surface area contributed by atoms with Gasteiger partial charge in [-0.15, -0.1) is 0 Å². The fraction of sp³-hybridized carbons (Fsp3) is 0.312. The monoisotopic (exact) mass is 337 g/mol. The molecule has 1 amide bonds. The maximum absolute atomic E-state index is 13.5. The van der Waals surface area contributed by atoms with Gasteiger partial charge in [0.15, 0.2) is 0 Å². The number of para-hydroxylation sites is 1. The fourth-order valence-corrected chi connectivity index (χ4v) is 1.86. The molecule has 1 aromatic carbocycles. The Balaban J connectivity index is 2.90. The molecular weight excluding hydrogens is 320 g/mol. The van der Waals surface area contributed by atoms with Crippen LogP contribution in [-0.2, 0) is 9.59 Å². The Morgan fingerprint density at radius 2 is 1.92 bits per heavy atom. The number of carboxylic acid groups (broad SMARTS) is 1. The summed E-state index contributed by atoms with van der Waals surface area (Å²) in [6, 6.07) is 3.57. The molecule has 1 unspecified atom stereocenters. The molecule has 6 nitrogen and oxygen atoms in total. The minimum Gasteiger partial charge on any atom is -0.480 e. The van der Waals surface area contributed by atoms with Gasteiger partial charge in [-0.05, 0) is 24.5 Å². The lowest BCUT2D eigenvalue weighted by Gasteiger charge is -2.16. The fourth-order valence-electron chi connectivity index (χ4n) is 1.86. The van der Waals surface area contributed by atoms with Crippen molar-refractivity contribution in [2.75, 3.05) is 5.32 Å². The lowest BCUT2D eigenvalue weighted by Crippen LogP contribution is -2.42. The highest BCUT2D eigenvalue weighted by Crippen LogP contribution is 2.18. The molecule has 0 spiro atoms. The number of amides is 1. The van der Waals surface area contributed by atoms with Crippen LogP contribution < -0.4 is 10.6 Å². The molecule has 0 saturated heterocycles. The maximum Gasteiger partial charge on any atom is 0.326 e. The Hall–Kier alpha value is -2.95. The van der Waals surface area contributed by atoms with E-state index < -0.39 is 40.8 Å². The molecule has 24 heavy (non-hydrogen) atoms. The van der Waals surface area contributed by atoms with E-state index in [2.05, 4.69) is 10.6 Å². The summed E-state index contributed by atoms with van der Waals surface area (Å²) in [6.07, 6.45) is 1.00. The van der Waals surface area contributed by atoms with Crippen molar-refractivity contribution in [3.63, 3.8) is 0 Å². The number of nitrogens with zero attached hydrogens (tertiary/aromatic N) is 1. The van der Waals surface area contributed by atoms with Crippen molar-refractivity contribution in [2.24, 2.45) is 5.92 Å². The van der Waals surface area contributed by atoms with Gasteiger partial charge in [-0.2, -0.15) is 5.26 Å². The van der Waals surface area contributed by atoms with Crippen LogP contribution >= 0.6 is 0 Å². The van der Waals surface area contributed by atoms with Gasteiger partial charge >= 0.3 is 5.97 Å². The molecule has 0 aliphatic heterocycles. The van der Waals surface area contributed by atoms with Crippen LogP contribution in [0.15, 0.2) is 30.0 Å². The van der Waals surface area contributed by atoms with Crippen LogP contribution in [0.25, 0.3) is 0 Å². The number of hydrogen-bond acceptors (Lipinski definition) is 4. The smallest absolute Gasteiger partial charge is 0.326 e. The van der Waals surface area contributed by atoms with Gasteiger partial charge in [0, 0.05) is 6.20 Å². The molecule has 0 saturated carbocycles. The molecule has 0 bridgehead atoms. The van der Waals surface area contributed by atoms with Crippen LogP contribution in [0.1, 0.15) is 20.3 Å². The predicted octanol–water partition coefficient (Wildman–Crippen LogP) is 2.40. The summed E-state index contributed by atoms with van der Waals surface area (Å²) in [6.45, 7) is 3.57. The zero-order valence-corrected chi connectivity index (χ0v) is 13.1. The predicted molar refractivity (Wildman–Crippen MR) is 82.7 cm³/mol. The molecule has 0 aromatic heterocycles. The number of hydrogen-bond donors (Lipinski definition) is 3. The molecule has 0 aliphatic rings. The maximum atomic E-state index is 13.5. The Labute approximate surface area is 137 Å². The van der Waals surface area contributed by atoms with Crippen molar-refractivity contribution >= 4 is 17.6 Å². The lowest BCUT2D eigenvalue weighted by atomic mass is 10.0. The Bertz CT molecular complexity index is 676. The van der Waals surface area contributed by atoms with E-state index >= 15 is 0 Å². The molecule has 1 atom stereocenters. The van der Waals surface area contributed by atoms with Crippen LogP contribution in [0.4, 0.5) is 14.5 Å². The zero-order valence-electron chi connectivity index (χ0n) is 13.1. The standard InChI is InChI=1S/C16H17F2N3O3/c1-9(2)6-13(16(23)24)21-15(22)10(7-19)8-20-14-11(17)4-3-5-12(14)18/h3-5,8-9,13,20H,6H2,1-2H3,(H,21,22)(H,23,24)/b10-8-. The number of benzene rings is 1. The molecular formula is C16H17F2N3O3. The summed E-state index contributed by atoms with van der Waals surface area (Å²) in [7, 11) is 0. The van der Waals surface area contributed by atoms with E-state index in [4.69, 9.17) is 10.4 Å². The van der Waals surface area contributed by atoms with E-state index in [-0.39, 0.29) is 12.3 Å². The first-order valence-corrected chi connectivity index (χ1v) is 7.10. The largest absolute Gasteiger partial charge is 0.480 e. The summed E-state index contributed by atoms with van der Waals surface area (Å²) < 4.78 is 26.9. The second-order valence-electron chi connectivity index (χ2n) is 5.40. The van der Waals surface area contributed by atoms with E-state index in [1.807, 2.05) is 0 Å². The molecule has 128 valence electrons. The topological polar surface area (TPSA) is 102 Å². The van der Waals surface area contributed by atoms with Gasteiger partial charge < -0.3 is 15.7 Å². The van der Waals surface area contributed by atoms with E-state index in [1.165, 1.54) is 6.07 Å².